The summed E-state index contributed by atoms with van der Waals surface area (Å²) in [4.78, 5) is 11.0. The fourth-order valence-electron chi connectivity index (χ4n) is 3.09. The van der Waals surface area contributed by atoms with Gasteiger partial charge in [-0.3, -0.25) is 14.9 Å². The van der Waals surface area contributed by atoms with Crippen LogP contribution in [0.3, 0.4) is 0 Å². The first kappa shape index (κ1) is 13.3. The molecule has 1 fully saturated rings. The zero-order valence-electron chi connectivity index (χ0n) is 12.0. The van der Waals surface area contributed by atoms with Gasteiger partial charge in [0.1, 0.15) is 0 Å². The van der Waals surface area contributed by atoms with E-state index in [0.29, 0.717) is 6.04 Å². The molecule has 3 heterocycles. The number of rotatable bonds is 4. The van der Waals surface area contributed by atoms with Crippen LogP contribution < -0.4 is 0 Å². The fraction of sp³-hybridized carbons (Fsp3) is 0.412. The lowest BCUT2D eigenvalue weighted by atomic mass is 10.1. The first-order valence-corrected chi connectivity index (χ1v) is 7.38. The van der Waals surface area contributed by atoms with Crippen LogP contribution in [-0.4, -0.2) is 28.0 Å². The minimum atomic E-state index is 0.547. The smallest absolute Gasteiger partial charge is 0.0363 e. The van der Waals surface area contributed by atoms with Crippen LogP contribution in [0.2, 0.25) is 0 Å². The van der Waals surface area contributed by atoms with Crippen LogP contribution in [-0.2, 0) is 6.42 Å². The van der Waals surface area contributed by atoms with Gasteiger partial charge >= 0.3 is 0 Å². The van der Waals surface area contributed by atoms with Crippen molar-refractivity contribution in [2.45, 2.75) is 32.2 Å². The highest BCUT2D eigenvalue weighted by atomic mass is 15.2. The number of aryl methyl sites for hydroxylation is 1. The normalized spacial score (nSPS) is 19.4. The van der Waals surface area contributed by atoms with Gasteiger partial charge in [0.25, 0.3) is 0 Å². The van der Waals surface area contributed by atoms with Crippen LogP contribution in [0.15, 0.2) is 43.0 Å². The standard InChI is InChI=1S/C17H21N3/c1-14-12-19-9-6-15(14)7-11-20-10-3-5-17(20)16-4-2-8-18-13-16/h2,4,6,8-9,12-13,17H,3,5,7,10-11H2,1H3. The maximum atomic E-state index is 4.26. The van der Waals surface area contributed by atoms with E-state index in [9.17, 15) is 0 Å². The van der Waals surface area contributed by atoms with E-state index in [2.05, 4.69) is 33.9 Å². The van der Waals surface area contributed by atoms with Crippen molar-refractivity contribution in [3.05, 3.63) is 59.7 Å². The fourth-order valence-corrected chi connectivity index (χ4v) is 3.09. The molecule has 1 unspecified atom stereocenters. The first-order valence-electron chi connectivity index (χ1n) is 7.38. The Hall–Kier alpha value is -1.74. The van der Waals surface area contributed by atoms with Gasteiger partial charge < -0.3 is 0 Å². The van der Waals surface area contributed by atoms with Crippen LogP contribution in [0, 0.1) is 6.92 Å². The lowest BCUT2D eigenvalue weighted by molar-refractivity contribution is 0.260. The van der Waals surface area contributed by atoms with Crippen molar-refractivity contribution < 1.29 is 0 Å². The van der Waals surface area contributed by atoms with E-state index < -0.39 is 0 Å². The van der Waals surface area contributed by atoms with Crippen molar-refractivity contribution in [2.24, 2.45) is 0 Å². The molecule has 0 aliphatic carbocycles. The van der Waals surface area contributed by atoms with E-state index in [0.717, 1.165) is 13.0 Å². The van der Waals surface area contributed by atoms with Crippen LogP contribution in [0.5, 0.6) is 0 Å². The molecular formula is C17H21N3. The van der Waals surface area contributed by atoms with Crippen molar-refractivity contribution >= 4 is 0 Å². The molecule has 0 radical (unpaired) electrons. The monoisotopic (exact) mass is 267 g/mol. The molecule has 0 amide bonds. The van der Waals surface area contributed by atoms with Crippen molar-refractivity contribution in [1.29, 1.82) is 0 Å². The number of aromatic nitrogens is 2. The molecule has 20 heavy (non-hydrogen) atoms. The largest absolute Gasteiger partial charge is 0.296 e. The second kappa shape index (κ2) is 6.14. The third-order valence-corrected chi connectivity index (χ3v) is 4.24. The Bertz CT molecular complexity index is 553. The predicted molar refractivity (Wildman–Crippen MR) is 80.5 cm³/mol. The third-order valence-electron chi connectivity index (χ3n) is 4.24. The summed E-state index contributed by atoms with van der Waals surface area (Å²) in [5, 5.41) is 0. The van der Waals surface area contributed by atoms with Gasteiger partial charge in [0.15, 0.2) is 0 Å². The Morgan fingerprint density at radius 3 is 2.90 bits per heavy atom. The quantitative estimate of drug-likeness (QED) is 0.852. The molecule has 3 heteroatoms. The van der Waals surface area contributed by atoms with E-state index in [1.165, 1.54) is 36.1 Å². The Balaban J connectivity index is 1.67. The summed E-state index contributed by atoms with van der Waals surface area (Å²) in [6, 6.07) is 6.93. The first-order chi connectivity index (χ1) is 9.84. The summed E-state index contributed by atoms with van der Waals surface area (Å²) >= 11 is 0. The van der Waals surface area contributed by atoms with Gasteiger partial charge in [-0.05, 0) is 61.6 Å². The van der Waals surface area contributed by atoms with Crippen LogP contribution >= 0.6 is 0 Å². The summed E-state index contributed by atoms with van der Waals surface area (Å²) in [6.07, 6.45) is 11.4. The summed E-state index contributed by atoms with van der Waals surface area (Å²) in [7, 11) is 0. The minimum Gasteiger partial charge on any atom is -0.296 e. The van der Waals surface area contributed by atoms with Gasteiger partial charge in [0.2, 0.25) is 0 Å². The van der Waals surface area contributed by atoms with Crippen LogP contribution in [0.25, 0.3) is 0 Å². The summed E-state index contributed by atoms with van der Waals surface area (Å²) < 4.78 is 0. The molecule has 0 aromatic carbocycles. The average molecular weight is 267 g/mol. The Morgan fingerprint density at radius 2 is 2.10 bits per heavy atom. The highest BCUT2D eigenvalue weighted by Gasteiger charge is 2.25. The second-order valence-corrected chi connectivity index (χ2v) is 5.53. The molecule has 3 nitrogen and oxygen atoms in total. The highest BCUT2D eigenvalue weighted by Crippen LogP contribution is 2.31. The van der Waals surface area contributed by atoms with Crippen molar-refractivity contribution in [2.75, 3.05) is 13.1 Å². The molecule has 0 saturated carbocycles. The van der Waals surface area contributed by atoms with Gasteiger partial charge in [0.05, 0.1) is 0 Å². The predicted octanol–water partition coefficient (Wildman–Crippen LogP) is 3.16. The maximum Gasteiger partial charge on any atom is 0.0363 e. The summed E-state index contributed by atoms with van der Waals surface area (Å²) in [5.41, 5.74) is 4.07. The lowest BCUT2D eigenvalue weighted by Crippen LogP contribution is -2.26. The molecule has 0 bridgehead atoms. The molecule has 0 N–H and O–H groups in total. The number of nitrogens with zero attached hydrogens (tertiary/aromatic N) is 3. The van der Waals surface area contributed by atoms with E-state index in [-0.39, 0.29) is 0 Å². The SMILES string of the molecule is Cc1cnccc1CCN1CCCC1c1cccnc1. The van der Waals surface area contributed by atoms with Crippen molar-refractivity contribution in [3.63, 3.8) is 0 Å². The lowest BCUT2D eigenvalue weighted by Gasteiger charge is -2.24. The molecule has 0 spiro atoms. The average Bonchev–Trinajstić information content (AvgIpc) is 2.96. The summed E-state index contributed by atoms with van der Waals surface area (Å²) in [5.74, 6) is 0. The zero-order chi connectivity index (χ0) is 13.8. The molecule has 1 saturated heterocycles. The maximum absolute atomic E-state index is 4.26. The molecule has 104 valence electrons. The van der Waals surface area contributed by atoms with E-state index >= 15 is 0 Å². The Kier molecular flexibility index (Phi) is 4.07. The van der Waals surface area contributed by atoms with Crippen LogP contribution in [0.1, 0.15) is 35.6 Å². The minimum absolute atomic E-state index is 0.547. The second-order valence-electron chi connectivity index (χ2n) is 5.53. The molecule has 1 aliphatic rings. The van der Waals surface area contributed by atoms with Crippen LogP contribution in [0.4, 0.5) is 0 Å². The summed E-state index contributed by atoms with van der Waals surface area (Å²) in [6.45, 7) is 4.46. The highest BCUT2D eigenvalue weighted by molar-refractivity contribution is 5.22. The number of hydrogen-bond acceptors (Lipinski definition) is 3. The molecular weight excluding hydrogens is 246 g/mol. The van der Waals surface area contributed by atoms with Gasteiger partial charge in [-0.1, -0.05) is 6.07 Å². The zero-order valence-corrected chi connectivity index (χ0v) is 12.0. The third kappa shape index (κ3) is 2.88. The van der Waals surface area contributed by atoms with Gasteiger partial charge in [-0.2, -0.15) is 0 Å². The number of pyridine rings is 2. The van der Waals surface area contributed by atoms with Crippen molar-refractivity contribution in [3.8, 4) is 0 Å². The number of likely N-dealkylation sites (tertiary alicyclic amines) is 1. The number of hydrogen-bond donors (Lipinski definition) is 0. The molecule has 1 aliphatic heterocycles. The van der Waals surface area contributed by atoms with E-state index in [4.69, 9.17) is 0 Å². The van der Waals surface area contributed by atoms with Gasteiger partial charge in [0, 0.05) is 37.4 Å². The van der Waals surface area contributed by atoms with E-state index in [1.807, 2.05) is 30.9 Å². The molecule has 2 aromatic heterocycles. The van der Waals surface area contributed by atoms with E-state index in [1.54, 1.807) is 0 Å². The van der Waals surface area contributed by atoms with Gasteiger partial charge in [-0.25, -0.2) is 0 Å². The molecule has 2 aromatic rings. The topological polar surface area (TPSA) is 29.0 Å². The molecule has 1 atom stereocenters. The Morgan fingerprint density at radius 1 is 1.20 bits per heavy atom. The van der Waals surface area contributed by atoms with Gasteiger partial charge in [-0.15, -0.1) is 0 Å². The van der Waals surface area contributed by atoms with Crippen molar-refractivity contribution in [1.82, 2.24) is 14.9 Å². The molecule has 3 rings (SSSR count). The Labute approximate surface area is 120 Å².